The topological polar surface area (TPSA) is 195 Å². The van der Waals surface area contributed by atoms with Crippen molar-refractivity contribution < 1.29 is 41.1 Å². The first-order valence-electron chi connectivity index (χ1n) is 14.1. The van der Waals surface area contributed by atoms with E-state index in [-0.39, 0.29) is 29.7 Å². The van der Waals surface area contributed by atoms with Crippen LogP contribution < -0.4 is 21.1 Å². The number of likely N-dealkylation sites (tertiary alicyclic amines) is 1. The lowest BCUT2D eigenvalue weighted by Gasteiger charge is -2.33. The minimum absolute atomic E-state index is 0.00396. The number of carboxylic acid groups (broad SMARTS) is 1. The molecule has 0 radical (unpaired) electrons. The summed E-state index contributed by atoms with van der Waals surface area (Å²) >= 11 is 0. The fourth-order valence-corrected chi connectivity index (χ4v) is 5.88. The molecule has 2 amide bonds. The zero-order valence-electron chi connectivity index (χ0n) is 24.6. The number of carboxylic acids is 1. The maximum Gasteiger partial charge on any atom is 0.490 e. The summed E-state index contributed by atoms with van der Waals surface area (Å²) in [6.07, 6.45) is -3.72. The van der Waals surface area contributed by atoms with Crippen molar-refractivity contribution in [1.29, 1.82) is 5.41 Å². The number of hydrogen-bond acceptors (Lipinski definition) is 6. The Hall–Kier alpha value is -4.70. The van der Waals surface area contributed by atoms with Gasteiger partial charge in [-0.05, 0) is 47.2 Å². The van der Waals surface area contributed by atoms with Crippen LogP contribution >= 0.6 is 0 Å². The number of fused-ring (bicyclic) bond motifs is 1. The summed E-state index contributed by atoms with van der Waals surface area (Å²) in [6.45, 7) is 1.81. The largest absolute Gasteiger partial charge is 0.490 e. The highest BCUT2D eigenvalue weighted by Crippen LogP contribution is 2.20. The Bertz CT molecular complexity index is 1640. The van der Waals surface area contributed by atoms with Crippen LogP contribution in [0.2, 0.25) is 0 Å². The number of benzene rings is 3. The number of hydrogen-bond donors (Lipinski definition) is 6. The number of nitrogens with two attached hydrogens (primary N) is 1. The first-order chi connectivity index (χ1) is 21.7. The molecule has 0 saturated carbocycles. The predicted molar refractivity (Wildman–Crippen MR) is 164 cm³/mol. The Morgan fingerprint density at radius 3 is 2.26 bits per heavy atom. The summed E-state index contributed by atoms with van der Waals surface area (Å²) in [7, 11) is -4.11. The van der Waals surface area contributed by atoms with Crippen LogP contribution in [0.15, 0.2) is 77.7 Å². The Labute approximate surface area is 263 Å². The standard InChI is InChI=1S/C28H34N6O4S.C2HF3O2/c29-28(30)34-14-6-9-21(19-34)18-31-26(35)16-25(27(36)32-17-20-7-2-1-3-8-20)33-39(37,38)24-13-12-22-10-4-5-11-23(22)15-24;3-2(4,5)1(6)7/h1-5,7-8,10-13,15,21,25,33H,6,9,14,16-19H2,(H3,29,30)(H,31,35)(H,32,36);(H,6,7)/t21?,25-;/m0./s1. The van der Waals surface area contributed by atoms with Gasteiger partial charge >= 0.3 is 12.1 Å². The highest BCUT2D eigenvalue weighted by atomic mass is 32.2. The van der Waals surface area contributed by atoms with Crippen molar-refractivity contribution in [1.82, 2.24) is 20.3 Å². The SMILES string of the molecule is N=C(N)N1CCCC(CNC(=O)C[C@H](NS(=O)(=O)c2ccc3ccccc3c2)C(=O)NCc2ccccc2)C1.O=C(O)C(F)(F)F. The summed E-state index contributed by atoms with van der Waals surface area (Å²) < 4.78 is 60.8. The molecule has 0 bridgehead atoms. The van der Waals surface area contributed by atoms with Crippen LogP contribution in [0.3, 0.4) is 0 Å². The minimum atomic E-state index is -5.08. The number of nitrogens with zero attached hydrogens (tertiary/aromatic N) is 1. The molecule has 7 N–H and O–H groups in total. The van der Waals surface area contributed by atoms with Crippen LogP contribution in [-0.2, 0) is 31.0 Å². The van der Waals surface area contributed by atoms with E-state index in [0.717, 1.165) is 29.2 Å². The number of sulfonamides is 1. The summed E-state index contributed by atoms with van der Waals surface area (Å²) in [4.78, 5) is 36.7. The molecule has 248 valence electrons. The van der Waals surface area contributed by atoms with Gasteiger partial charge in [0.15, 0.2) is 5.96 Å². The average molecular weight is 665 g/mol. The lowest BCUT2D eigenvalue weighted by Crippen LogP contribution is -2.50. The Kier molecular flexibility index (Phi) is 12.5. The number of piperidine rings is 1. The number of rotatable bonds is 10. The van der Waals surface area contributed by atoms with Crippen molar-refractivity contribution in [3.05, 3.63) is 78.4 Å². The zero-order valence-corrected chi connectivity index (χ0v) is 25.4. The van der Waals surface area contributed by atoms with Crippen LogP contribution in [0.1, 0.15) is 24.8 Å². The maximum atomic E-state index is 13.3. The number of alkyl halides is 3. The molecule has 1 heterocycles. The van der Waals surface area contributed by atoms with Gasteiger partial charge in [-0.2, -0.15) is 17.9 Å². The van der Waals surface area contributed by atoms with Gasteiger partial charge in [0.2, 0.25) is 21.8 Å². The van der Waals surface area contributed by atoms with E-state index in [1.165, 1.54) is 6.07 Å². The highest BCUT2D eigenvalue weighted by molar-refractivity contribution is 7.89. The second-order valence-electron chi connectivity index (χ2n) is 10.5. The van der Waals surface area contributed by atoms with E-state index in [0.29, 0.717) is 19.6 Å². The molecule has 12 nitrogen and oxygen atoms in total. The smallest absolute Gasteiger partial charge is 0.475 e. The molecule has 0 aromatic heterocycles. The number of guanidine groups is 1. The molecule has 1 aliphatic rings. The van der Waals surface area contributed by atoms with Crippen LogP contribution in [-0.4, -0.2) is 74.0 Å². The molecule has 46 heavy (non-hydrogen) atoms. The average Bonchev–Trinajstić information content (AvgIpc) is 3.02. The second-order valence-corrected chi connectivity index (χ2v) is 12.3. The maximum absolute atomic E-state index is 13.3. The molecule has 1 aliphatic heterocycles. The van der Waals surface area contributed by atoms with Crippen molar-refractivity contribution in [3.63, 3.8) is 0 Å². The van der Waals surface area contributed by atoms with E-state index >= 15 is 0 Å². The monoisotopic (exact) mass is 664 g/mol. The van der Waals surface area contributed by atoms with E-state index in [9.17, 15) is 31.2 Å². The fraction of sp³-hybridized carbons (Fsp3) is 0.333. The van der Waals surface area contributed by atoms with Crippen LogP contribution in [0.4, 0.5) is 13.2 Å². The molecule has 2 atom stereocenters. The third kappa shape index (κ3) is 11.0. The van der Waals surface area contributed by atoms with E-state index in [1.54, 1.807) is 17.0 Å². The summed E-state index contributed by atoms with van der Waals surface area (Å²) in [5.74, 6) is -3.70. The van der Waals surface area contributed by atoms with Crippen LogP contribution in [0, 0.1) is 11.3 Å². The van der Waals surface area contributed by atoms with E-state index < -0.39 is 40.0 Å². The zero-order chi connectivity index (χ0) is 33.9. The number of aliphatic carboxylic acids is 1. The molecule has 3 aromatic rings. The van der Waals surface area contributed by atoms with E-state index in [4.69, 9.17) is 21.0 Å². The Balaban J connectivity index is 0.000000738. The van der Waals surface area contributed by atoms with Crippen LogP contribution in [0.25, 0.3) is 10.8 Å². The van der Waals surface area contributed by atoms with Crippen molar-refractivity contribution in [3.8, 4) is 0 Å². The van der Waals surface area contributed by atoms with Crippen molar-refractivity contribution in [2.75, 3.05) is 19.6 Å². The highest BCUT2D eigenvalue weighted by Gasteiger charge is 2.38. The molecule has 16 heteroatoms. The number of nitrogens with one attached hydrogen (secondary N) is 4. The van der Waals surface area contributed by atoms with Gasteiger partial charge in [-0.1, -0.05) is 60.7 Å². The van der Waals surface area contributed by atoms with Gasteiger partial charge in [0.1, 0.15) is 6.04 Å². The van der Waals surface area contributed by atoms with Gasteiger partial charge in [-0.15, -0.1) is 0 Å². The Morgan fingerprint density at radius 2 is 1.63 bits per heavy atom. The summed E-state index contributed by atoms with van der Waals surface area (Å²) in [5, 5.41) is 22.0. The van der Waals surface area contributed by atoms with Crippen molar-refractivity contribution in [2.24, 2.45) is 11.7 Å². The first kappa shape index (κ1) is 35.8. The molecular formula is C30H35F3N6O6S. The van der Waals surface area contributed by atoms with Gasteiger partial charge < -0.3 is 26.4 Å². The molecule has 0 spiro atoms. The number of halogens is 3. The van der Waals surface area contributed by atoms with Gasteiger partial charge in [0.05, 0.1) is 11.3 Å². The van der Waals surface area contributed by atoms with E-state index in [2.05, 4.69) is 15.4 Å². The lowest BCUT2D eigenvalue weighted by molar-refractivity contribution is -0.192. The fourth-order valence-electron chi connectivity index (χ4n) is 4.65. The van der Waals surface area contributed by atoms with Gasteiger partial charge in [-0.3, -0.25) is 15.0 Å². The molecule has 0 aliphatic carbocycles. The molecule has 1 saturated heterocycles. The Morgan fingerprint density at radius 1 is 1.00 bits per heavy atom. The second kappa shape index (κ2) is 16.0. The molecule has 1 unspecified atom stereocenters. The van der Waals surface area contributed by atoms with Crippen molar-refractivity contribution >= 4 is 44.5 Å². The van der Waals surface area contributed by atoms with Gasteiger partial charge in [0.25, 0.3) is 0 Å². The van der Waals surface area contributed by atoms with Crippen LogP contribution in [0.5, 0.6) is 0 Å². The minimum Gasteiger partial charge on any atom is -0.475 e. The van der Waals surface area contributed by atoms with Crippen molar-refractivity contribution in [2.45, 2.75) is 42.9 Å². The number of carbonyl (C=O) groups excluding carboxylic acids is 2. The third-order valence-corrected chi connectivity index (χ3v) is 8.50. The summed E-state index contributed by atoms with van der Waals surface area (Å²) in [5.41, 5.74) is 6.45. The molecule has 4 rings (SSSR count). The predicted octanol–water partition coefficient (Wildman–Crippen LogP) is 2.55. The molecular weight excluding hydrogens is 629 g/mol. The number of amides is 2. The van der Waals surface area contributed by atoms with Gasteiger partial charge in [-0.25, -0.2) is 13.2 Å². The lowest BCUT2D eigenvalue weighted by atomic mass is 9.98. The van der Waals surface area contributed by atoms with Gasteiger partial charge in [0, 0.05) is 26.2 Å². The third-order valence-electron chi connectivity index (χ3n) is 7.03. The number of carbonyl (C=O) groups is 3. The quantitative estimate of drug-likeness (QED) is 0.141. The normalized spacial score (nSPS) is 15.6. The first-order valence-corrected chi connectivity index (χ1v) is 15.6. The van der Waals surface area contributed by atoms with E-state index in [1.807, 2.05) is 54.6 Å². The molecule has 1 fully saturated rings. The molecule has 3 aromatic carbocycles. The summed E-state index contributed by atoms with van der Waals surface area (Å²) in [6, 6.07) is 20.0.